The number of hydrogen-bond acceptors (Lipinski definition) is 6. The molecule has 1 aromatic rings. The average molecular weight is 300 g/mol. The summed E-state index contributed by atoms with van der Waals surface area (Å²) in [6, 6.07) is 0. The summed E-state index contributed by atoms with van der Waals surface area (Å²) in [5.41, 5.74) is 0.152. The predicted molar refractivity (Wildman–Crippen MR) is 80.0 cm³/mol. The number of rotatable bonds is 8. The molecule has 0 aliphatic heterocycles. The average Bonchev–Trinajstić information content (AvgIpc) is 2.73. The Morgan fingerprint density at radius 2 is 2.15 bits per heavy atom. The molecule has 0 saturated heterocycles. The molecule has 0 radical (unpaired) electrons. The van der Waals surface area contributed by atoms with E-state index in [1.165, 1.54) is 11.8 Å². The maximum Gasteiger partial charge on any atom is 0.326 e. The van der Waals surface area contributed by atoms with Gasteiger partial charge in [0.2, 0.25) is 0 Å². The molecule has 5 nitrogen and oxygen atoms in total. The summed E-state index contributed by atoms with van der Waals surface area (Å²) < 4.78 is 10.7. The minimum Gasteiger partial charge on any atom is -0.465 e. The van der Waals surface area contributed by atoms with Crippen molar-refractivity contribution in [2.75, 3.05) is 18.9 Å². The molecule has 1 rings (SSSR count). The summed E-state index contributed by atoms with van der Waals surface area (Å²) in [4.78, 5) is 16.4. The third-order valence-electron chi connectivity index (χ3n) is 2.98. The van der Waals surface area contributed by atoms with Crippen LogP contribution in [0, 0.1) is 13.8 Å². The highest BCUT2D eigenvalue weighted by Crippen LogP contribution is 2.24. The number of ether oxygens (including phenoxy) is 1. The molecule has 114 valence electrons. The molecule has 20 heavy (non-hydrogen) atoms. The topological polar surface area (TPSA) is 64.4 Å². The Hall–Kier alpha value is -1.01. The van der Waals surface area contributed by atoms with Gasteiger partial charge in [-0.05, 0) is 40.7 Å². The van der Waals surface area contributed by atoms with Gasteiger partial charge < -0.3 is 14.5 Å². The lowest BCUT2D eigenvalue weighted by Gasteiger charge is -2.27. The normalized spacial score (nSPS) is 14.1. The number of carbonyl (C=O) groups excluding carboxylic acids is 1. The maximum atomic E-state index is 12.1. The fourth-order valence-electron chi connectivity index (χ4n) is 1.58. The molecule has 0 fully saturated rings. The van der Waals surface area contributed by atoms with E-state index in [-0.39, 0.29) is 5.97 Å². The summed E-state index contributed by atoms with van der Waals surface area (Å²) in [7, 11) is 0. The fraction of sp³-hybridized carbons (Fsp3) is 0.714. The van der Waals surface area contributed by atoms with E-state index in [0.29, 0.717) is 17.6 Å². The summed E-state index contributed by atoms with van der Waals surface area (Å²) in [6.07, 6.45) is 0.955. The van der Waals surface area contributed by atoms with Gasteiger partial charge in [-0.1, -0.05) is 18.7 Å². The standard InChI is InChI=1S/C14H24N2O3S/c1-6-8-15-14(5,12(17)18-7-2)9-20-13-16-10(3)11(4)19-13/h15H,6-9H2,1-5H3. The molecule has 0 aliphatic carbocycles. The van der Waals surface area contributed by atoms with Gasteiger partial charge in [-0.3, -0.25) is 4.79 Å². The zero-order valence-electron chi connectivity index (χ0n) is 12.9. The molecule has 1 heterocycles. The van der Waals surface area contributed by atoms with E-state index in [0.717, 1.165) is 24.4 Å². The molecular weight excluding hydrogens is 276 g/mol. The number of esters is 1. The Morgan fingerprint density at radius 1 is 1.45 bits per heavy atom. The zero-order valence-corrected chi connectivity index (χ0v) is 13.7. The molecule has 1 aromatic heterocycles. The minimum atomic E-state index is -0.729. The molecule has 1 N–H and O–H groups in total. The van der Waals surface area contributed by atoms with Crippen molar-refractivity contribution in [2.45, 2.75) is 51.8 Å². The van der Waals surface area contributed by atoms with Crippen LogP contribution < -0.4 is 5.32 Å². The highest BCUT2D eigenvalue weighted by molar-refractivity contribution is 7.99. The Morgan fingerprint density at radius 3 is 2.65 bits per heavy atom. The van der Waals surface area contributed by atoms with Crippen molar-refractivity contribution >= 4 is 17.7 Å². The molecule has 1 atom stereocenters. The van der Waals surface area contributed by atoms with Crippen molar-refractivity contribution in [3.05, 3.63) is 11.5 Å². The first-order valence-electron chi connectivity index (χ1n) is 6.92. The van der Waals surface area contributed by atoms with Crippen LogP contribution in [0.3, 0.4) is 0 Å². The van der Waals surface area contributed by atoms with Crippen LogP contribution >= 0.6 is 11.8 Å². The van der Waals surface area contributed by atoms with Gasteiger partial charge in [0.25, 0.3) is 5.22 Å². The number of oxazole rings is 1. The number of nitrogens with zero attached hydrogens (tertiary/aromatic N) is 1. The Labute approximate surface area is 124 Å². The Balaban J connectivity index is 2.71. The Kier molecular flexibility index (Phi) is 6.55. The zero-order chi connectivity index (χ0) is 15.2. The molecule has 6 heteroatoms. The molecule has 0 spiro atoms. The third-order valence-corrected chi connectivity index (χ3v) is 4.13. The summed E-state index contributed by atoms with van der Waals surface area (Å²) >= 11 is 1.43. The molecule has 0 aliphatic rings. The second kappa shape index (κ2) is 7.69. The van der Waals surface area contributed by atoms with Crippen LogP contribution in [0.4, 0.5) is 0 Å². The van der Waals surface area contributed by atoms with E-state index >= 15 is 0 Å². The second-order valence-electron chi connectivity index (χ2n) is 4.89. The van der Waals surface area contributed by atoms with E-state index in [1.807, 2.05) is 27.7 Å². The number of aryl methyl sites for hydroxylation is 2. The first-order chi connectivity index (χ1) is 9.42. The molecule has 1 unspecified atom stereocenters. The number of carbonyl (C=O) groups is 1. The van der Waals surface area contributed by atoms with Gasteiger partial charge >= 0.3 is 5.97 Å². The van der Waals surface area contributed by atoms with E-state index in [9.17, 15) is 4.79 Å². The number of aromatic nitrogens is 1. The van der Waals surface area contributed by atoms with E-state index in [2.05, 4.69) is 17.2 Å². The summed E-state index contributed by atoms with van der Waals surface area (Å²) in [5.74, 6) is 1.10. The van der Waals surface area contributed by atoms with Crippen LogP contribution in [-0.2, 0) is 9.53 Å². The third kappa shape index (κ3) is 4.52. The van der Waals surface area contributed by atoms with Crippen LogP contribution in [0.25, 0.3) is 0 Å². The molecule has 0 amide bonds. The quantitative estimate of drug-likeness (QED) is 0.588. The van der Waals surface area contributed by atoms with Crippen molar-refractivity contribution in [1.29, 1.82) is 0 Å². The highest BCUT2D eigenvalue weighted by Gasteiger charge is 2.34. The van der Waals surface area contributed by atoms with Crippen LogP contribution in [0.5, 0.6) is 0 Å². The van der Waals surface area contributed by atoms with E-state index in [4.69, 9.17) is 9.15 Å². The smallest absolute Gasteiger partial charge is 0.326 e. The van der Waals surface area contributed by atoms with Gasteiger partial charge in [0.15, 0.2) is 0 Å². The van der Waals surface area contributed by atoms with Gasteiger partial charge in [-0.25, -0.2) is 4.98 Å². The predicted octanol–water partition coefficient (Wildman–Crippen LogP) is 2.70. The van der Waals surface area contributed by atoms with Crippen molar-refractivity contribution in [1.82, 2.24) is 10.3 Å². The van der Waals surface area contributed by atoms with Gasteiger partial charge in [0.1, 0.15) is 11.3 Å². The van der Waals surface area contributed by atoms with Crippen molar-refractivity contribution in [2.24, 2.45) is 0 Å². The maximum absolute atomic E-state index is 12.1. The lowest BCUT2D eigenvalue weighted by molar-refractivity contribution is -0.149. The fourth-order valence-corrected chi connectivity index (χ4v) is 2.60. The van der Waals surface area contributed by atoms with Crippen LogP contribution in [0.2, 0.25) is 0 Å². The van der Waals surface area contributed by atoms with Gasteiger partial charge in [-0.2, -0.15) is 0 Å². The van der Waals surface area contributed by atoms with E-state index < -0.39 is 5.54 Å². The first kappa shape index (κ1) is 17.0. The Bertz CT molecular complexity index is 428. The van der Waals surface area contributed by atoms with Gasteiger partial charge in [-0.15, -0.1) is 0 Å². The number of nitrogens with one attached hydrogen (secondary N) is 1. The van der Waals surface area contributed by atoms with Crippen molar-refractivity contribution in [3.8, 4) is 0 Å². The van der Waals surface area contributed by atoms with Crippen LogP contribution in [0.1, 0.15) is 38.6 Å². The van der Waals surface area contributed by atoms with Crippen molar-refractivity contribution in [3.63, 3.8) is 0 Å². The van der Waals surface area contributed by atoms with Crippen molar-refractivity contribution < 1.29 is 13.9 Å². The molecule has 0 saturated carbocycles. The molecular formula is C14H24N2O3S. The highest BCUT2D eigenvalue weighted by atomic mass is 32.2. The second-order valence-corrected chi connectivity index (χ2v) is 5.82. The van der Waals surface area contributed by atoms with E-state index in [1.54, 1.807) is 0 Å². The SMILES string of the molecule is CCCNC(C)(CSc1nc(C)c(C)o1)C(=O)OCC. The lowest BCUT2D eigenvalue weighted by Crippen LogP contribution is -2.52. The molecule has 0 bridgehead atoms. The summed E-state index contributed by atoms with van der Waals surface area (Å²) in [5, 5.41) is 3.85. The van der Waals surface area contributed by atoms with Crippen LogP contribution in [0.15, 0.2) is 9.64 Å². The minimum absolute atomic E-state index is 0.235. The van der Waals surface area contributed by atoms with Crippen LogP contribution in [-0.4, -0.2) is 35.4 Å². The monoisotopic (exact) mass is 300 g/mol. The first-order valence-corrected chi connectivity index (χ1v) is 7.90. The molecule has 0 aromatic carbocycles. The number of hydrogen-bond donors (Lipinski definition) is 1. The number of thioether (sulfide) groups is 1. The largest absolute Gasteiger partial charge is 0.465 e. The van der Waals surface area contributed by atoms with Gasteiger partial charge in [0.05, 0.1) is 12.3 Å². The summed E-state index contributed by atoms with van der Waals surface area (Å²) in [6.45, 7) is 10.7. The van der Waals surface area contributed by atoms with Gasteiger partial charge in [0, 0.05) is 5.75 Å². The lowest BCUT2D eigenvalue weighted by atomic mass is 10.1.